The maximum absolute atomic E-state index is 5.96. The first kappa shape index (κ1) is 14.5. The number of nitrogens with zero attached hydrogens (tertiary/aromatic N) is 2. The molecule has 0 saturated heterocycles. The Hall–Kier alpha value is -1.88. The lowest BCUT2D eigenvalue weighted by Crippen LogP contribution is -2.25. The highest BCUT2D eigenvalue weighted by Crippen LogP contribution is 2.23. The summed E-state index contributed by atoms with van der Waals surface area (Å²) in [5.74, 6) is 1.08. The molecule has 1 heterocycles. The van der Waals surface area contributed by atoms with Gasteiger partial charge in [-0.1, -0.05) is 26.0 Å². The number of para-hydroxylation sites is 2. The number of rotatable bonds is 6. The summed E-state index contributed by atoms with van der Waals surface area (Å²) in [6.45, 7) is 5.88. The molecule has 108 valence electrons. The zero-order valence-electron chi connectivity index (χ0n) is 12.3. The second-order valence-corrected chi connectivity index (χ2v) is 5.71. The van der Waals surface area contributed by atoms with Gasteiger partial charge in [0.05, 0.1) is 11.0 Å². The molecule has 0 aliphatic rings. The van der Waals surface area contributed by atoms with Crippen molar-refractivity contribution in [1.82, 2.24) is 9.97 Å². The monoisotopic (exact) mass is 274 g/mol. The van der Waals surface area contributed by atoms with Crippen molar-refractivity contribution in [2.45, 2.75) is 20.3 Å². The third kappa shape index (κ3) is 3.57. The normalized spacial score (nSPS) is 11.8. The Morgan fingerprint density at radius 3 is 2.50 bits per heavy atom. The van der Waals surface area contributed by atoms with Gasteiger partial charge in [-0.05, 0) is 24.0 Å². The van der Waals surface area contributed by atoms with Gasteiger partial charge in [-0.25, -0.2) is 9.97 Å². The third-order valence-corrected chi connectivity index (χ3v) is 3.31. The fourth-order valence-corrected chi connectivity index (χ4v) is 1.93. The standard InChI is InChI=1S/C15H22N4O/c1-15(2,8-9-20-3)10-17-14-13(16)18-11-6-4-5-7-12(11)19-14/h4-7H,8-10H2,1-3H3,(H2,16,18)(H,17,19). The van der Waals surface area contributed by atoms with E-state index in [2.05, 4.69) is 29.1 Å². The lowest BCUT2D eigenvalue weighted by Gasteiger charge is -2.25. The van der Waals surface area contributed by atoms with Gasteiger partial charge >= 0.3 is 0 Å². The van der Waals surface area contributed by atoms with Crippen molar-refractivity contribution in [2.75, 3.05) is 31.3 Å². The maximum Gasteiger partial charge on any atom is 0.169 e. The average Bonchev–Trinajstić information content (AvgIpc) is 2.43. The lowest BCUT2D eigenvalue weighted by atomic mass is 9.90. The van der Waals surface area contributed by atoms with Crippen molar-refractivity contribution >= 4 is 22.7 Å². The Kier molecular flexibility index (Phi) is 4.39. The van der Waals surface area contributed by atoms with Gasteiger partial charge in [0.2, 0.25) is 0 Å². The number of nitrogen functional groups attached to an aromatic ring is 1. The molecule has 2 aromatic rings. The van der Waals surface area contributed by atoms with Crippen LogP contribution in [0.25, 0.3) is 11.0 Å². The number of hydrogen-bond acceptors (Lipinski definition) is 5. The smallest absolute Gasteiger partial charge is 0.169 e. The quantitative estimate of drug-likeness (QED) is 0.847. The lowest BCUT2D eigenvalue weighted by molar-refractivity contribution is 0.157. The zero-order valence-corrected chi connectivity index (χ0v) is 12.3. The Morgan fingerprint density at radius 2 is 1.85 bits per heavy atom. The van der Waals surface area contributed by atoms with Crippen LogP contribution in [0, 0.1) is 5.41 Å². The molecule has 5 heteroatoms. The van der Waals surface area contributed by atoms with Gasteiger partial charge in [0, 0.05) is 20.3 Å². The minimum atomic E-state index is 0.107. The molecule has 0 aliphatic heterocycles. The maximum atomic E-state index is 5.96. The molecular weight excluding hydrogens is 252 g/mol. The summed E-state index contributed by atoms with van der Waals surface area (Å²) >= 11 is 0. The van der Waals surface area contributed by atoms with Crippen molar-refractivity contribution in [3.05, 3.63) is 24.3 Å². The van der Waals surface area contributed by atoms with Crippen LogP contribution in [-0.2, 0) is 4.74 Å². The van der Waals surface area contributed by atoms with Crippen LogP contribution >= 0.6 is 0 Å². The van der Waals surface area contributed by atoms with Crippen molar-refractivity contribution in [2.24, 2.45) is 5.41 Å². The Labute approximate surface area is 119 Å². The van der Waals surface area contributed by atoms with Crippen molar-refractivity contribution in [1.29, 1.82) is 0 Å². The van der Waals surface area contributed by atoms with E-state index in [1.54, 1.807) is 7.11 Å². The molecule has 0 saturated carbocycles. The summed E-state index contributed by atoms with van der Waals surface area (Å²) < 4.78 is 5.13. The number of nitrogens with two attached hydrogens (primary N) is 1. The molecule has 0 unspecified atom stereocenters. The molecule has 3 N–H and O–H groups in total. The van der Waals surface area contributed by atoms with E-state index in [0.717, 1.165) is 30.6 Å². The van der Waals surface area contributed by atoms with Gasteiger partial charge in [-0.15, -0.1) is 0 Å². The number of fused-ring (bicyclic) bond motifs is 1. The van der Waals surface area contributed by atoms with E-state index >= 15 is 0 Å². The summed E-state index contributed by atoms with van der Waals surface area (Å²) in [7, 11) is 1.72. The first-order valence-corrected chi connectivity index (χ1v) is 6.77. The molecule has 1 aromatic carbocycles. The minimum Gasteiger partial charge on any atom is -0.385 e. The Morgan fingerprint density at radius 1 is 1.20 bits per heavy atom. The number of hydrogen-bond donors (Lipinski definition) is 2. The van der Waals surface area contributed by atoms with Crippen LogP contribution in [0.2, 0.25) is 0 Å². The first-order valence-electron chi connectivity index (χ1n) is 6.77. The van der Waals surface area contributed by atoms with Gasteiger partial charge < -0.3 is 15.8 Å². The van der Waals surface area contributed by atoms with Gasteiger partial charge in [0.15, 0.2) is 11.6 Å². The Bertz CT molecular complexity index is 583. The highest BCUT2D eigenvalue weighted by molar-refractivity contribution is 5.79. The fourth-order valence-electron chi connectivity index (χ4n) is 1.93. The summed E-state index contributed by atoms with van der Waals surface area (Å²) in [4.78, 5) is 8.89. The minimum absolute atomic E-state index is 0.107. The van der Waals surface area contributed by atoms with Crippen molar-refractivity contribution < 1.29 is 4.74 Å². The van der Waals surface area contributed by atoms with E-state index in [1.165, 1.54) is 0 Å². The summed E-state index contributed by atoms with van der Waals surface area (Å²) in [5, 5.41) is 3.30. The third-order valence-electron chi connectivity index (χ3n) is 3.31. The molecule has 0 amide bonds. The predicted molar refractivity (Wildman–Crippen MR) is 82.7 cm³/mol. The SMILES string of the molecule is COCCC(C)(C)CNc1nc2ccccc2nc1N. The van der Waals surface area contributed by atoms with Crippen LogP contribution in [0.5, 0.6) is 0 Å². The number of aromatic nitrogens is 2. The molecule has 0 radical (unpaired) electrons. The van der Waals surface area contributed by atoms with E-state index in [1.807, 2.05) is 24.3 Å². The molecule has 0 atom stereocenters. The second-order valence-electron chi connectivity index (χ2n) is 5.71. The van der Waals surface area contributed by atoms with Gasteiger partial charge in [-0.2, -0.15) is 0 Å². The number of nitrogens with one attached hydrogen (secondary N) is 1. The van der Waals surface area contributed by atoms with Crippen LogP contribution in [0.4, 0.5) is 11.6 Å². The van der Waals surface area contributed by atoms with Gasteiger partial charge in [0.25, 0.3) is 0 Å². The molecule has 0 fully saturated rings. The molecule has 2 rings (SSSR count). The molecular formula is C15H22N4O. The second kappa shape index (κ2) is 6.05. The van der Waals surface area contributed by atoms with Crippen LogP contribution < -0.4 is 11.1 Å². The van der Waals surface area contributed by atoms with Crippen LogP contribution in [-0.4, -0.2) is 30.2 Å². The molecule has 0 aliphatic carbocycles. The average molecular weight is 274 g/mol. The summed E-state index contributed by atoms with van der Waals surface area (Å²) in [6.07, 6.45) is 0.970. The number of anilines is 2. The largest absolute Gasteiger partial charge is 0.385 e. The highest BCUT2D eigenvalue weighted by Gasteiger charge is 2.18. The van der Waals surface area contributed by atoms with Crippen molar-refractivity contribution in [3.8, 4) is 0 Å². The molecule has 0 spiro atoms. The molecule has 0 bridgehead atoms. The first-order chi connectivity index (χ1) is 9.52. The van der Waals surface area contributed by atoms with Gasteiger partial charge in [0.1, 0.15) is 0 Å². The van der Waals surface area contributed by atoms with Crippen LogP contribution in [0.1, 0.15) is 20.3 Å². The zero-order chi connectivity index (χ0) is 14.6. The molecule has 5 nitrogen and oxygen atoms in total. The van der Waals surface area contributed by atoms with E-state index in [4.69, 9.17) is 10.5 Å². The van der Waals surface area contributed by atoms with Gasteiger partial charge in [-0.3, -0.25) is 0 Å². The van der Waals surface area contributed by atoms with E-state index in [-0.39, 0.29) is 5.41 Å². The fraction of sp³-hybridized carbons (Fsp3) is 0.467. The van der Waals surface area contributed by atoms with Crippen LogP contribution in [0.3, 0.4) is 0 Å². The number of methoxy groups -OCH3 is 1. The molecule has 20 heavy (non-hydrogen) atoms. The predicted octanol–water partition coefficient (Wildman–Crippen LogP) is 2.69. The van der Waals surface area contributed by atoms with E-state index < -0.39 is 0 Å². The highest BCUT2D eigenvalue weighted by atomic mass is 16.5. The summed E-state index contributed by atoms with van der Waals surface area (Å²) in [5.41, 5.74) is 7.72. The van der Waals surface area contributed by atoms with E-state index in [0.29, 0.717) is 11.6 Å². The van der Waals surface area contributed by atoms with Crippen LogP contribution in [0.15, 0.2) is 24.3 Å². The number of benzene rings is 1. The van der Waals surface area contributed by atoms with Crippen molar-refractivity contribution in [3.63, 3.8) is 0 Å². The summed E-state index contributed by atoms with van der Waals surface area (Å²) in [6, 6.07) is 7.71. The number of ether oxygens (including phenoxy) is 1. The van der Waals surface area contributed by atoms with E-state index in [9.17, 15) is 0 Å². The molecule has 1 aromatic heterocycles. The Balaban J connectivity index is 2.11. The topological polar surface area (TPSA) is 73.1 Å².